The molecule has 2 nitrogen and oxygen atoms in total. The summed E-state index contributed by atoms with van der Waals surface area (Å²) in [6.45, 7) is 0. The lowest BCUT2D eigenvalue weighted by molar-refractivity contribution is 0.213. The zero-order valence-electron chi connectivity index (χ0n) is 7.53. The van der Waals surface area contributed by atoms with Crippen molar-refractivity contribution >= 4 is 17.3 Å². The van der Waals surface area contributed by atoms with Crippen LogP contribution in [0.4, 0.5) is 0 Å². The predicted octanol–water partition coefficient (Wildman–Crippen LogP) is 2.67. The predicted molar refractivity (Wildman–Crippen MR) is 55.3 cm³/mol. The summed E-state index contributed by atoms with van der Waals surface area (Å²) in [6, 6.07) is 9.88. The second kappa shape index (κ2) is 5.60. The Hall–Kier alpha value is -1.02. The summed E-state index contributed by atoms with van der Waals surface area (Å²) in [5.41, 5.74) is 1.95. The second-order valence-corrected chi connectivity index (χ2v) is 2.90. The molecule has 0 atom stereocenters. The van der Waals surface area contributed by atoms with E-state index in [2.05, 4.69) is 5.16 Å². The van der Waals surface area contributed by atoms with E-state index in [0.717, 1.165) is 17.7 Å². The van der Waals surface area contributed by atoms with Gasteiger partial charge < -0.3 is 4.84 Å². The van der Waals surface area contributed by atoms with Gasteiger partial charge in [-0.2, -0.15) is 0 Å². The molecule has 0 spiro atoms. The molecular weight excluding hydrogens is 186 g/mol. The van der Waals surface area contributed by atoms with Crippen LogP contribution in [-0.2, 0) is 4.84 Å². The molecule has 0 heterocycles. The molecule has 0 aromatic heterocycles. The van der Waals surface area contributed by atoms with Crippen molar-refractivity contribution in [3.8, 4) is 0 Å². The number of benzene rings is 1. The second-order valence-electron chi connectivity index (χ2n) is 2.53. The molecule has 1 aromatic carbocycles. The van der Waals surface area contributed by atoms with Gasteiger partial charge in [0.1, 0.15) is 7.11 Å². The third-order valence-corrected chi connectivity index (χ3v) is 1.83. The van der Waals surface area contributed by atoms with Gasteiger partial charge in [0, 0.05) is 12.3 Å². The molecule has 13 heavy (non-hydrogen) atoms. The van der Waals surface area contributed by atoms with Gasteiger partial charge in [-0.3, -0.25) is 0 Å². The van der Waals surface area contributed by atoms with Crippen LogP contribution in [0.2, 0.25) is 0 Å². The van der Waals surface area contributed by atoms with Gasteiger partial charge in [-0.1, -0.05) is 35.5 Å². The first-order chi connectivity index (χ1) is 6.38. The molecular formula is C10H12ClNO. The van der Waals surface area contributed by atoms with Gasteiger partial charge in [-0.25, -0.2) is 0 Å². The highest BCUT2D eigenvalue weighted by molar-refractivity contribution is 6.20. The third kappa shape index (κ3) is 3.07. The van der Waals surface area contributed by atoms with Gasteiger partial charge in [-0.05, 0) is 5.56 Å². The van der Waals surface area contributed by atoms with Gasteiger partial charge in [-0.15, -0.1) is 11.6 Å². The molecule has 0 aliphatic carbocycles. The summed E-state index contributed by atoms with van der Waals surface area (Å²) in [5.74, 6) is 0.553. The highest BCUT2D eigenvalue weighted by Crippen LogP contribution is 2.05. The maximum absolute atomic E-state index is 5.65. The molecule has 1 rings (SSSR count). The molecule has 0 fully saturated rings. The number of alkyl halides is 1. The lowest BCUT2D eigenvalue weighted by atomic mass is 10.1. The van der Waals surface area contributed by atoms with Crippen LogP contribution in [0.5, 0.6) is 0 Å². The highest BCUT2D eigenvalue weighted by atomic mass is 35.5. The van der Waals surface area contributed by atoms with E-state index in [1.54, 1.807) is 0 Å². The molecule has 0 saturated carbocycles. The summed E-state index contributed by atoms with van der Waals surface area (Å²) in [4.78, 5) is 4.74. The average Bonchev–Trinajstić information content (AvgIpc) is 2.19. The monoisotopic (exact) mass is 197 g/mol. The maximum atomic E-state index is 5.65. The Bertz CT molecular complexity index is 272. The van der Waals surface area contributed by atoms with Crippen LogP contribution in [0.15, 0.2) is 35.5 Å². The minimum Gasteiger partial charge on any atom is -0.399 e. The van der Waals surface area contributed by atoms with Crippen molar-refractivity contribution in [1.82, 2.24) is 0 Å². The van der Waals surface area contributed by atoms with Gasteiger partial charge >= 0.3 is 0 Å². The topological polar surface area (TPSA) is 21.6 Å². The quantitative estimate of drug-likeness (QED) is 0.413. The van der Waals surface area contributed by atoms with Crippen molar-refractivity contribution in [1.29, 1.82) is 0 Å². The largest absolute Gasteiger partial charge is 0.399 e. The fourth-order valence-electron chi connectivity index (χ4n) is 1.07. The summed E-state index contributed by atoms with van der Waals surface area (Å²) < 4.78 is 0. The SMILES string of the molecule is CO/N=C(\CCCl)c1ccccc1. The number of oxime groups is 1. The first kappa shape index (κ1) is 10.1. The van der Waals surface area contributed by atoms with E-state index >= 15 is 0 Å². The molecule has 0 aliphatic rings. The van der Waals surface area contributed by atoms with Crippen LogP contribution in [0, 0.1) is 0 Å². The van der Waals surface area contributed by atoms with Crippen LogP contribution in [0.3, 0.4) is 0 Å². The van der Waals surface area contributed by atoms with E-state index in [0.29, 0.717) is 5.88 Å². The summed E-state index contributed by atoms with van der Waals surface area (Å²) in [5, 5.41) is 3.92. The first-order valence-electron chi connectivity index (χ1n) is 4.10. The molecule has 0 amide bonds. The molecule has 0 aliphatic heterocycles. The Labute approximate surface area is 83.2 Å². The van der Waals surface area contributed by atoms with Crippen LogP contribution < -0.4 is 0 Å². The van der Waals surface area contributed by atoms with Crippen molar-refractivity contribution in [3.05, 3.63) is 35.9 Å². The lowest BCUT2D eigenvalue weighted by Gasteiger charge is -2.02. The van der Waals surface area contributed by atoms with E-state index in [4.69, 9.17) is 16.4 Å². The van der Waals surface area contributed by atoms with Gasteiger partial charge in [0.25, 0.3) is 0 Å². The first-order valence-corrected chi connectivity index (χ1v) is 4.63. The van der Waals surface area contributed by atoms with Gasteiger partial charge in [0.15, 0.2) is 0 Å². The zero-order chi connectivity index (χ0) is 9.52. The van der Waals surface area contributed by atoms with Crippen LogP contribution in [-0.4, -0.2) is 18.7 Å². The summed E-state index contributed by atoms with van der Waals surface area (Å²) >= 11 is 5.65. The number of hydrogen-bond donors (Lipinski definition) is 0. The molecule has 0 unspecified atom stereocenters. The van der Waals surface area contributed by atoms with Crippen LogP contribution in [0.1, 0.15) is 12.0 Å². The van der Waals surface area contributed by atoms with E-state index in [1.807, 2.05) is 30.3 Å². The normalized spacial score (nSPS) is 11.4. The Morgan fingerprint density at radius 2 is 2.08 bits per heavy atom. The van der Waals surface area contributed by atoms with Crippen LogP contribution in [0.25, 0.3) is 0 Å². The molecule has 1 aromatic rings. The van der Waals surface area contributed by atoms with Gasteiger partial charge in [0.2, 0.25) is 0 Å². The summed E-state index contributed by atoms with van der Waals surface area (Å²) in [7, 11) is 1.54. The van der Waals surface area contributed by atoms with E-state index in [-0.39, 0.29) is 0 Å². The fourth-order valence-corrected chi connectivity index (χ4v) is 1.25. The number of hydrogen-bond acceptors (Lipinski definition) is 2. The Morgan fingerprint density at radius 1 is 1.38 bits per heavy atom. The molecule has 3 heteroatoms. The highest BCUT2D eigenvalue weighted by Gasteiger charge is 2.01. The van der Waals surface area contributed by atoms with E-state index in [9.17, 15) is 0 Å². The van der Waals surface area contributed by atoms with Crippen molar-refractivity contribution < 1.29 is 4.84 Å². The maximum Gasteiger partial charge on any atom is 0.106 e. The van der Waals surface area contributed by atoms with Crippen LogP contribution >= 0.6 is 11.6 Å². The van der Waals surface area contributed by atoms with Crippen molar-refractivity contribution in [2.45, 2.75) is 6.42 Å². The van der Waals surface area contributed by atoms with Crippen molar-refractivity contribution in [2.75, 3.05) is 13.0 Å². The molecule has 0 saturated heterocycles. The molecule has 70 valence electrons. The Kier molecular flexibility index (Phi) is 4.33. The molecule has 0 radical (unpaired) electrons. The smallest absolute Gasteiger partial charge is 0.106 e. The lowest BCUT2D eigenvalue weighted by Crippen LogP contribution is -2.02. The number of nitrogens with zero attached hydrogens (tertiary/aromatic N) is 1. The molecule has 0 bridgehead atoms. The summed E-state index contributed by atoms with van der Waals surface area (Å²) in [6.07, 6.45) is 0.722. The van der Waals surface area contributed by atoms with Crippen molar-refractivity contribution in [3.63, 3.8) is 0 Å². The fraction of sp³-hybridized carbons (Fsp3) is 0.300. The zero-order valence-corrected chi connectivity index (χ0v) is 8.29. The number of halogens is 1. The van der Waals surface area contributed by atoms with E-state index in [1.165, 1.54) is 7.11 Å². The minimum absolute atomic E-state index is 0.553. The third-order valence-electron chi connectivity index (χ3n) is 1.64. The standard InChI is InChI=1S/C10H12ClNO/c1-13-12-10(7-8-11)9-5-3-2-4-6-9/h2-6H,7-8H2,1H3/b12-10+. The Morgan fingerprint density at radius 3 is 2.62 bits per heavy atom. The van der Waals surface area contributed by atoms with Crippen molar-refractivity contribution in [2.24, 2.45) is 5.16 Å². The van der Waals surface area contributed by atoms with Gasteiger partial charge in [0.05, 0.1) is 5.71 Å². The number of rotatable bonds is 4. The molecule has 0 N–H and O–H groups in total. The van der Waals surface area contributed by atoms with E-state index < -0.39 is 0 Å². The average molecular weight is 198 g/mol. The minimum atomic E-state index is 0.553. The Balaban J connectivity index is 2.83.